The number of hydrogen-bond donors (Lipinski definition) is 1. The maximum atomic E-state index is 13.6. The molecule has 1 aromatic carbocycles. The molecule has 2 aromatic rings. The molecule has 0 aliphatic carbocycles. The first kappa shape index (κ1) is 13.7. The third kappa shape index (κ3) is 2.51. The second-order valence-electron chi connectivity index (χ2n) is 4.64. The third-order valence-corrected chi connectivity index (χ3v) is 3.34. The van der Waals surface area contributed by atoms with Crippen molar-refractivity contribution >= 4 is 0 Å². The summed E-state index contributed by atoms with van der Waals surface area (Å²) in [6, 6.07) is 3.97. The quantitative estimate of drug-likeness (QED) is 0.927. The van der Waals surface area contributed by atoms with E-state index >= 15 is 0 Å². The fraction of sp³-hybridized carbons (Fsp3) is 0.357. The summed E-state index contributed by atoms with van der Waals surface area (Å²) < 4.78 is 28.4. The van der Waals surface area contributed by atoms with Gasteiger partial charge in [-0.05, 0) is 25.5 Å². The first-order chi connectivity index (χ1) is 8.91. The average Bonchev–Trinajstić information content (AvgIpc) is 2.59. The van der Waals surface area contributed by atoms with E-state index in [-0.39, 0.29) is 12.0 Å². The minimum atomic E-state index is -0.902. The van der Waals surface area contributed by atoms with Crippen LogP contribution in [0.15, 0.2) is 18.2 Å². The largest absolute Gasteiger partial charge is 0.388 e. The van der Waals surface area contributed by atoms with E-state index in [2.05, 4.69) is 5.10 Å². The lowest BCUT2D eigenvalue weighted by Crippen LogP contribution is -2.07. The smallest absolute Gasteiger partial charge is 0.162 e. The molecule has 19 heavy (non-hydrogen) atoms. The summed E-state index contributed by atoms with van der Waals surface area (Å²) in [6.45, 7) is 3.62. The second-order valence-corrected chi connectivity index (χ2v) is 4.64. The van der Waals surface area contributed by atoms with Gasteiger partial charge >= 0.3 is 0 Å². The molecular formula is C14H16F2N2O. The molecule has 0 spiro atoms. The Balaban J connectivity index is 2.31. The Kier molecular flexibility index (Phi) is 3.66. The molecule has 0 radical (unpaired) electrons. The monoisotopic (exact) mass is 266 g/mol. The molecule has 2 rings (SSSR count). The van der Waals surface area contributed by atoms with Crippen LogP contribution in [0.25, 0.3) is 0 Å². The zero-order chi connectivity index (χ0) is 14.2. The van der Waals surface area contributed by atoms with Crippen molar-refractivity contribution in [3.8, 4) is 0 Å². The highest BCUT2D eigenvalue weighted by molar-refractivity contribution is 5.29. The average molecular weight is 266 g/mol. The van der Waals surface area contributed by atoms with Crippen molar-refractivity contribution in [1.29, 1.82) is 0 Å². The van der Waals surface area contributed by atoms with E-state index in [0.29, 0.717) is 11.3 Å². The fourth-order valence-corrected chi connectivity index (χ4v) is 2.29. The summed E-state index contributed by atoms with van der Waals surface area (Å²) in [5.74, 6) is -1.80. The van der Waals surface area contributed by atoms with Crippen LogP contribution in [0.1, 0.15) is 28.6 Å². The molecule has 1 N–H and O–H groups in total. The Labute approximate surface area is 110 Å². The Hall–Kier alpha value is -1.75. The summed E-state index contributed by atoms with van der Waals surface area (Å²) in [7, 11) is 1.78. The maximum Gasteiger partial charge on any atom is 0.162 e. The number of aliphatic hydroxyl groups is 1. The van der Waals surface area contributed by atoms with Gasteiger partial charge in [0.05, 0.1) is 11.8 Å². The molecule has 0 saturated carbocycles. The molecule has 1 heterocycles. The van der Waals surface area contributed by atoms with Gasteiger partial charge in [-0.1, -0.05) is 12.1 Å². The van der Waals surface area contributed by atoms with Gasteiger partial charge in [0.2, 0.25) is 0 Å². The zero-order valence-corrected chi connectivity index (χ0v) is 11.1. The van der Waals surface area contributed by atoms with Gasteiger partial charge in [-0.15, -0.1) is 0 Å². The molecule has 102 valence electrons. The lowest BCUT2D eigenvalue weighted by Gasteiger charge is -2.12. The van der Waals surface area contributed by atoms with Crippen LogP contribution in [-0.4, -0.2) is 14.9 Å². The van der Waals surface area contributed by atoms with Crippen LogP contribution in [0.5, 0.6) is 0 Å². The molecule has 0 aliphatic heterocycles. The van der Waals surface area contributed by atoms with Gasteiger partial charge < -0.3 is 5.11 Å². The Bertz CT molecular complexity index is 608. The molecule has 3 nitrogen and oxygen atoms in total. The molecule has 5 heteroatoms. The van der Waals surface area contributed by atoms with Gasteiger partial charge in [0, 0.05) is 24.7 Å². The third-order valence-electron chi connectivity index (χ3n) is 3.34. The number of halogens is 2. The second kappa shape index (κ2) is 5.09. The first-order valence-corrected chi connectivity index (χ1v) is 6.03. The van der Waals surface area contributed by atoms with Crippen molar-refractivity contribution in [1.82, 2.24) is 9.78 Å². The van der Waals surface area contributed by atoms with E-state index in [1.54, 1.807) is 18.7 Å². The highest BCUT2D eigenvalue weighted by Crippen LogP contribution is 2.25. The lowest BCUT2D eigenvalue weighted by molar-refractivity contribution is 0.175. The van der Waals surface area contributed by atoms with Crippen molar-refractivity contribution in [2.24, 2.45) is 7.05 Å². The van der Waals surface area contributed by atoms with E-state index in [0.717, 1.165) is 11.8 Å². The summed E-state index contributed by atoms with van der Waals surface area (Å²) in [4.78, 5) is 0. The Morgan fingerprint density at radius 3 is 2.58 bits per heavy atom. The Morgan fingerprint density at radius 1 is 1.32 bits per heavy atom. The minimum Gasteiger partial charge on any atom is -0.388 e. The predicted octanol–water partition coefficient (Wildman–Crippen LogP) is 2.59. The van der Waals surface area contributed by atoms with Crippen molar-refractivity contribution in [3.05, 3.63) is 52.3 Å². The minimum absolute atomic E-state index is 0.0248. The van der Waals surface area contributed by atoms with Crippen LogP contribution in [0.3, 0.4) is 0 Å². The summed E-state index contributed by atoms with van der Waals surface area (Å²) >= 11 is 0. The molecule has 1 atom stereocenters. The van der Waals surface area contributed by atoms with E-state index in [1.165, 1.54) is 12.1 Å². The van der Waals surface area contributed by atoms with Gasteiger partial charge in [0.25, 0.3) is 0 Å². The molecule has 0 bridgehead atoms. The van der Waals surface area contributed by atoms with Gasteiger partial charge in [0.15, 0.2) is 11.6 Å². The van der Waals surface area contributed by atoms with Crippen molar-refractivity contribution in [2.75, 3.05) is 0 Å². The van der Waals surface area contributed by atoms with E-state index < -0.39 is 17.7 Å². The number of benzene rings is 1. The zero-order valence-electron chi connectivity index (χ0n) is 11.1. The van der Waals surface area contributed by atoms with E-state index in [4.69, 9.17) is 0 Å². The first-order valence-electron chi connectivity index (χ1n) is 6.03. The summed E-state index contributed by atoms with van der Waals surface area (Å²) in [6.07, 6.45) is -0.873. The predicted molar refractivity (Wildman–Crippen MR) is 67.7 cm³/mol. The highest BCUT2D eigenvalue weighted by atomic mass is 19.2. The lowest BCUT2D eigenvalue weighted by atomic mass is 9.99. The molecule has 0 aliphatic rings. The van der Waals surface area contributed by atoms with E-state index in [1.807, 2.05) is 6.92 Å². The van der Waals surface area contributed by atoms with Gasteiger partial charge in [0.1, 0.15) is 0 Å². The van der Waals surface area contributed by atoms with Gasteiger partial charge in [-0.25, -0.2) is 8.78 Å². The molecule has 1 unspecified atom stereocenters. The van der Waals surface area contributed by atoms with Crippen LogP contribution in [0.4, 0.5) is 8.78 Å². The summed E-state index contributed by atoms with van der Waals surface area (Å²) in [5, 5.41) is 14.4. The van der Waals surface area contributed by atoms with Crippen molar-refractivity contribution < 1.29 is 13.9 Å². The molecule has 1 aromatic heterocycles. The number of rotatable bonds is 3. The SMILES string of the molecule is Cc1nn(C)c(C)c1C(O)Cc1cccc(F)c1F. The molecule has 0 fully saturated rings. The van der Waals surface area contributed by atoms with Gasteiger partial charge in [-0.3, -0.25) is 4.68 Å². The molecule has 0 amide bonds. The normalized spacial score (nSPS) is 12.7. The summed E-state index contributed by atoms with van der Waals surface area (Å²) in [5.41, 5.74) is 2.35. The van der Waals surface area contributed by atoms with E-state index in [9.17, 15) is 13.9 Å². The van der Waals surface area contributed by atoms with Crippen LogP contribution in [0, 0.1) is 25.5 Å². The highest BCUT2D eigenvalue weighted by Gasteiger charge is 2.20. The number of aromatic nitrogens is 2. The number of nitrogens with zero attached hydrogens (tertiary/aromatic N) is 2. The molecule has 0 saturated heterocycles. The fourth-order valence-electron chi connectivity index (χ4n) is 2.29. The van der Waals surface area contributed by atoms with Crippen molar-refractivity contribution in [3.63, 3.8) is 0 Å². The standard InChI is InChI=1S/C14H16F2N2O/c1-8-13(9(2)18(3)17-8)12(19)7-10-5-4-6-11(15)14(10)16/h4-6,12,19H,7H2,1-3H3. The van der Waals surface area contributed by atoms with Crippen LogP contribution < -0.4 is 0 Å². The number of aryl methyl sites for hydroxylation is 2. The number of hydrogen-bond acceptors (Lipinski definition) is 2. The topological polar surface area (TPSA) is 38.0 Å². The van der Waals surface area contributed by atoms with Crippen LogP contribution >= 0.6 is 0 Å². The van der Waals surface area contributed by atoms with Crippen LogP contribution in [-0.2, 0) is 13.5 Å². The maximum absolute atomic E-state index is 13.6. The van der Waals surface area contributed by atoms with Crippen LogP contribution in [0.2, 0.25) is 0 Å². The Morgan fingerprint density at radius 2 is 2.00 bits per heavy atom. The molecular weight excluding hydrogens is 250 g/mol. The van der Waals surface area contributed by atoms with Gasteiger partial charge in [-0.2, -0.15) is 5.10 Å². The number of aliphatic hydroxyl groups excluding tert-OH is 1. The van der Waals surface area contributed by atoms with Crippen molar-refractivity contribution in [2.45, 2.75) is 26.4 Å².